The Labute approximate surface area is 232 Å². The Morgan fingerprint density at radius 2 is 1.34 bits per heavy atom. The lowest BCUT2D eigenvalue weighted by molar-refractivity contribution is 0.354. The van der Waals surface area contributed by atoms with Crippen molar-refractivity contribution in [2.75, 3.05) is 13.1 Å². The number of H-pyrrole nitrogens is 2. The molecule has 206 valence electrons. The Morgan fingerprint density at radius 1 is 0.732 bits per heavy atom. The summed E-state index contributed by atoms with van der Waals surface area (Å²) < 4.78 is 33.5. The molecule has 0 saturated carbocycles. The predicted octanol–water partition coefficient (Wildman–Crippen LogP) is 5.62. The standard InChI is InChI=1S/C31H26F2N6O2/c32-18-9-22(34-11-18)30-36-13-24(38-30)16-1-4-20-15(7-16)3-6-26-28(20)29(40)21-5-2-17(8-27(21)41-26)25-14-37-31(39-25)23-10-19(33)12-35-23/h1-8,13-14,18-19,22-23,34-35H,9-12H2,(H,36,38)(H,37,39)/t18-,19-,22+,23+/m1/s1. The van der Waals surface area contributed by atoms with E-state index in [0.717, 1.165) is 39.1 Å². The molecule has 5 heterocycles. The Morgan fingerprint density at radius 3 is 1.95 bits per heavy atom. The van der Waals surface area contributed by atoms with Gasteiger partial charge in [-0.1, -0.05) is 24.3 Å². The van der Waals surface area contributed by atoms with Crippen molar-refractivity contribution in [3.05, 3.63) is 82.8 Å². The number of nitrogens with one attached hydrogen (secondary N) is 4. The van der Waals surface area contributed by atoms with E-state index in [2.05, 4.69) is 30.6 Å². The molecular formula is C31H26F2N6O2. The van der Waals surface area contributed by atoms with Crippen LogP contribution in [0.4, 0.5) is 8.78 Å². The van der Waals surface area contributed by atoms with Gasteiger partial charge in [-0.15, -0.1) is 0 Å². The van der Waals surface area contributed by atoms with E-state index in [0.29, 0.717) is 53.7 Å². The number of rotatable bonds is 4. The molecule has 2 fully saturated rings. The molecule has 2 saturated heterocycles. The zero-order chi connectivity index (χ0) is 27.7. The summed E-state index contributed by atoms with van der Waals surface area (Å²) in [6.07, 6.45) is 2.55. The summed E-state index contributed by atoms with van der Waals surface area (Å²) in [4.78, 5) is 29.2. The minimum atomic E-state index is -0.872. The van der Waals surface area contributed by atoms with Crippen LogP contribution in [0.25, 0.3) is 55.2 Å². The number of hydrogen-bond donors (Lipinski definition) is 4. The summed E-state index contributed by atoms with van der Waals surface area (Å²) in [5.41, 5.74) is 4.25. The lowest BCUT2D eigenvalue weighted by Gasteiger charge is -2.08. The van der Waals surface area contributed by atoms with Crippen molar-refractivity contribution in [1.29, 1.82) is 0 Å². The van der Waals surface area contributed by atoms with E-state index in [4.69, 9.17) is 4.42 Å². The highest BCUT2D eigenvalue weighted by atomic mass is 19.1. The summed E-state index contributed by atoms with van der Waals surface area (Å²) in [5.74, 6) is 1.42. The van der Waals surface area contributed by atoms with Gasteiger partial charge in [-0.3, -0.25) is 4.79 Å². The van der Waals surface area contributed by atoms with Crippen LogP contribution in [0.3, 0.4) is 0 Å². The second kappa shape index (κ2) is 9.32. The van der Waals surface area contributed by atoms with Crippen molar-refractivity contribution in [2.24, 2.45) is 0 Å². The van der Waals surface area contributed by atoms with Gasteiger partial charge < -0.3 is 25.0 Å². The number of halogens is 2. The van der Waals surface area contributed by atoms with Crippen LogP contribution in [-0.2, 0) is 0 Å². The molecule has 0 aliphatic carbocycles. The number of alkyl halides is 2. The zero-order valence-corrected chi connectivity index (χ0v) is 21.9. The molecule has 3 aromatic heterocycles. The summed E-state index contributed by atoms with van der Waals surface area (Å²) in [6, 6.07) is 14.9. The molecule has 4 atom stereocenters. The van der Waals surface area contributed by atoms with Gasteiger partial charge in [0.2, 0.25) is 5.43 Å². The maximum atomic E-state index is 13.7. The maximum absolute atomic E-state index is 13.7. The minimum Gasteiger partial charge on any atom is -0.456 e. The van der Waals surface area contributed by atoms with Crippen molar-refractivity contribution >= 4 is 32.7 Å². The highest BCUT2D eigenvalue weighted by molar-refractivity contribution is 6.09. The average molecular weight is 553 g/mol. The largest absolute Gasteiger partial charge is 0.456 e. The number of benzene rings is 3. The molecule has 0 radical (unpaired) electrons. The van der Waals surface area contributed by atoms with E-state index < -0.39 is 12.3 Å². The molecular weight excluding hydrogens is 526 g/mol. The molecule has 2 aliphatic heterocycles. The van der Waals surface area contributed by atoms with Crippen molar-refractivity contribution in [1.82, 2.24) is 30.6 Å². The Bertz CT molecular complexity index is 2010. The first kappa shape index (κ1) is 24.4. The molecule has 0 unspecified atom stereocenters. The quantitative estimate of drug-likeness (QED) is 0.167. The van der Waals surface area contributed by atoms with E-state index in [-0.39, 0.29) is 17.5 Å². The van der Waals surface area contributed by atoms with Gasteiger partial charge in [0.1, 0.15) is 35.2 Å². The second-order valence-electron chi connectivity index (χ2n) is 11.0. The second-order valence-corrected chi connectivity index (χ2v) is 11.0. The van der Waals surface area contributed by atoms with E-state index in [1.54, 1.807) is 18.5 Å². The first-order valence-electron chi connectivity index (χ1n) is 13.8. The van der Waals surface area contributed by atoms with Crippen LogP contribution in [0, 0.1) is 0 Å². The van der Waals surface area contributed by atoms with Gasteiger partial charge in [0.25, 0.3) is 0 Å². The average Bonchev–Trinajstić information content (AvgIpc) is 3.79. The van der Waals surface area contributed by atoms with Gasteiger partial charge in [-0.2, -0.15) is 0 Å². The summed E-state index contributed by atoms with van der Waals surface area (Å²) >= 11 is 0. The van der Waals surface area contributed by atoms with Crippen LogP contribution < -0.4 is 16.1 Å². The number of nitrogens with zero attached hydrogens (tertiary/aromatic N) is 2. The first-order valence-corrected chi connectivity index (χ1v) is 13.8. The van der Waals surface area contributed by atoms with Gasteiger partial charge in [-0.05, 0) is 35.0 Å². The lowest BCUT2D eigenvalue weighted by atomic mass is 10.0. The normalized spacial score (nSPS) is 22.9. The van der Waals surface area contributed by atoms with Crippen LogP contribution in [0.15, 0.2) is 70.1 Å². The third kappa shape index (κ3) is 4.13. The molecule has 8 nitrogen and oxygen atoms in total. The molecule has 41 heavy (non-hydrogen) atoms. The summed E-state index contributed by atoms with van der Waals surface area (Å²) in [5, 5.41) is 9.01. The molecule has 8 rings (SSSR count). The SMILES string of the molecule is O=c1c2ccc(-c3cnc([C@@H]4C[C@@H](F)CN4)[nH]3)cc2oc2ccc3cc(-c4cnc([C@@H]5C[C@@H](F)CN5)[nH]4)ccc3c12. The number of imidazole rings is 2. The summed E-state index contributed by atoms with van der Waals surface area (Å²) in [6.45, 7) is 0.668. The topological polar surface area (TPSA) is 112 Å². The van der Waals surface area contributed by atoms with Gasteiger partial charge in [0, 0.05) is 37.1 Å². The predicted molar refractivity (Wildman–Crippen MR) is 153 cm³/mol. The highest BCUT2D eigenvalue weighted by Gasteiger charge is 2.28. The van der Waals surface area contributed by atoms with Crippen molar-refractivity contribution in [2.45, 2.75) is 37.3 Å². The molecule has 10 heteroatoms. The van der Waals surface area contributed by atoms with Gasteiger partial charge in [-0.25, -0.2) is 18.7 Å². The van der Waals surface area contributed by atoms with Gasteiger partial charge in [0.05, 0.1) is 46.6 Å². The fourth-order valence-corrected chi connectivity index (χ4v) is 6.13. The number of hydrogen-bond acceptors (Lipinski definition) is 6. The Kier molecular flexibility index (Phi) is 5.55. The number of aromatic amines is 2. The lowest BCUT2D eigenvalue weighted by Crippen LogP contribution is -2.14. The smallest absolute Gasteiger partial charge is 0.201 e. The van der Waals surface area contributed by atoms with E-state index in [1.807, 2.05) is 42.5 Å². The van der Waals surface area contributed by atoms with Crippen LogP contribution in [-0.4, -0.2) is 45.4 Å². The molecule has 0 spiro atoms. The van der Waals surface area contributed by atoms with E-state index >= 15 is 0 Å². The fraction of sp³-hybridized carbons (Fsp3) is 0.258. The molecule has 0 amide bonds. The third-order valence-corrected chi connectivity index (χ3v) is 8.28. The first-order chi connectivity index (χ1) is 20.0. The zero-order valence-electron chi connectivity index (χ0n) is 21.9. The molecule has 6 aromatic rings. The third-order valence-electron chi connectivity index (χ3n) is 8.28. The fourth-order valence-electron chi connectivity index (χ4n) is 6.13. The van der Waals surface area contributed by atoms with Crippen LogP contribution >= 0.6 is 0 Å². The molecule has 4 N–H and O–H groups in total. The van der Waals surface area contributed by atoms with Crippen molar-refractivity contribution < 1.29 is 13.2 Å². The van der Waals surface area contributed by atoms with E-state index in [1.165, 1.54) is 0 Å². The van der Waals surface area contributed by atoms with Crippen LogP contribution in [0.2, 0.25) is 0 Å². The van der Waals surface area contributed by atoms with E-state index in [9.17, 15) is 13.6 Å². The van der Waals surface area contributed by atoms with Crippen LogP contribution in [0.1, 0.15) is 36.6 Å². The Balaban J connectivity index is 1.15. The Hall–Kier alpha value is -4.41. The van der Waals surface area contributed by atoms with Crippen molar-refractivity contribution in [3.63, 3.8) is 0 Å². The summed E-state index contributed by atoms with van der Waals surface area (Å²) in [7, 11) is 0. The van der Waals surface area contributed by atoms with Gasteiger partial charge in [0.15, 0.2) is 0 Å². The number of fused-ring (bicyclic) bond motifs is 4. The van der Waals surface area contributed by atoms with Gasteiger partial charge >= 0.3 is 0 Å². The molecule has 3 aromatic carbocycles. The maximum Gasteiger partial charge on any atom is 0.201 e. The highest BCUT2D eigenvalue weighted by Crippen LogP contribution is 2.32. The van der Waals surface area contributed by atoms with Crippen molar-refractivity contribution in [3.8, 4) is 22.5 Å². The van der Waals surface area contributed by atoms with Crippen LogP contribution in [0.5, 0.6) is 0 Å². The minimum absolute atomic E-state index is 0.0995. The molecule has 0 bridgehead atoms. The monoisotopic (exact) mass is 552 g/mol. The molecule has 2 aliphatic rings. The number of aromatic nitrogens is 4.